The average Bonchev–Trinajstić information content (AvgIpc) is 3.12. The lowest BCUT2D eigenvalue weighted by molar-refractivity contribution is -0.140. The minimum Gasteiger partial charge on any atom is -0.507 e. The van der Waals surface area contributed by atoms with Crippen LogP contribution in [0.4, 0.5) is 0 Å². The third-order valence-electron chi connectivity index (χ3n) is 6.28. The van der Waals surface area contributed by atoms with Gasteiger partial charge in [-0.05, 0) is 72.4 Å². The molecule has 0 saturated carbocycles. The highest BCUT2D eigenvalue weighted by Gasteiger charge is 2.46. The van der Waals surface area contributed by atoms with Gasteiger partial charge in [0, 0.05) is 18.9 Å². The van der Waals surface area contributed by atoms with Crippen molar-refractivity contribution in [3.8, 4) is 11.5 Å². The minimum absolute atomic E-state index is 0.0170. The van der Waals surface area contributed by atoms with Crippen molar-refractivity contribution in [3.63, 3.8) is 0 Å². The summed E-state index contributed by atoms with van der Waals surface area (Å²) >= 11 is 0. The Morgan fingerprint density at radius 1 is 1.08 bits per heavy atom. The molecule has 1 atom stereocenters. The van der Waals surface area contributed by atoms with Gasteiger partial charge in [0.2, 0.25) is 0 Å². The lowest BCUT2D eigenvalue weighted by Crippen LogP contribution is -2.29. The average molecular weight is 501 g/mol. The van der Waals surface area contributed by atoms with Crippen LogP contribution in [-0.4, -0.2) is 40.4 Å². The first-order valence-corrected chi connectivity index (χ1v) is 12.3. The van der Waals surface area contributed by atoms with Crippen molar-refractivity contribution >= 4 is 17.4 Å². The minimum atomic E-state index is -0.818. The van der Waals surface area contributed by atoms with Crippen LogP contribution in [0.15, 0.2) is 66.5 Å². The van der Waals surface area contributed by atoms with Gasteiger partial charge in [0.25, 0.3) is 11.7 Å². The first-order valence-electron chi connectivity index (χ1n) is 12.3. The predicted molar refractivity (Wildman–Crippen MR) is 141 cm³/mol. The molecule has 1 amide bonds. The number of aliphatic hydroxyl groups excluding tert-OH is 1. The second-order valence-corrected chi connectivity index (χ2v) is 9.72. The number of hydrogen-bond donors (Lipinski definition) is 1. The van der Waals surface area contributed by atoms with Crippen LogP contribution >= 0.6 is 0 Å². The summed E-state index contributed by atoms with van der Waals surface area (Å²) in [4.78, 5) is 32.4. The Morgan fingerprint density at radius 3 is 2.49 bits per heavy atom. The number of Topliss-reactive ketones (excluding diaryl/α,β-unsaturated/α-hetero) is 1. The Bertz CT molecular complexity index is 1350. The van der Waals surface area contributed by atoms with E-state index in [1.165, 1.54) is 12.0 Å². The van der Waals surface area contributed by atoms with Gasteiger partial charge in [0.1, 0.15) is 17.3 Å². The molecule has 0 radical (unpaired) electrons. The number of methoxy groups -OCH3 is 1. The maximum absolute atomic E-state index is 13.5. The third-order valence-corrected chi connectivity index (χ3v) is 6.28. The van der Waals surface area contributed by atoms with E-state index in [2.05, 4.69) is 18.8 Å². The van der Waals surface area contributed by atoms with Crippen molar-refractivity contribution in [2.24, 2.45) is 5.92 Å². The summed E-state index contributed by atoms with van der Waals surface area (Å²) < 4.78 is 11.5. The molecular formula is C30H32N2O5. The number of aromatic nitrogens is 1. The van der Waals surface area contributed by atoms with Crippen LogP contribution in [0.3, 0.4) is 0 Å². The number of ether oxygens (including phenoxy) is 2. The molecule has 2 heterocycles. The summed E-state index contributed by atoms with van der Waals surface area (Å²) in [7, 11) is 1.52. The van der Waals surface area contributed by atoms with Gasteiger partial charge in [-0.3, -0.25) is 14.6 Å². The summed E-state index contributed by atoms with van der Waals surface area (Å²) in [5, 5.41) is 11.6. The topological polar surface area (TPSA) is 89.0 Å². The van der Waals surface area contributed by atoms with E-state index in [0.29, 0.717) is 35.2 Å². The number of nitrogens with zero attached hydrogens (tertiary/aromatic N) is 2. The summed E-state index contributed by atoms with van der Waals surface area (Å²) in [6, 6.07) is 13.8. The van der Waals surface area contributed by atoms with Crippen molar-refractivity contribution < 1.29 is 24.2 Å². The maximum Gasteiger partial charge on any atom is 0.295 e. The van der Waals surface area contributed by atoms with E-state index in [1.54, 1.807) is 30.6 Å². The highest BCUT2D eigenvalue weighted by molar-refractivity contribution is 6.46. The third kappa shape index (κ3) is 5.35. The fraction of sp³-hybridized carbons (Fsp3) is 0.300. The number of aliphatic hydroxyl groups is 1. The molecule has 37 heavy (non-hydrogen) atoms. The smallest absolute Gasteiger partial charge is 0.295 e. The number of rotatable bonds is 8. The largest absolute Gasteiger partial charge is 0.507 e. The monoisotopic (exact) mass is 500 g/mol. The van der Waals surface area contributed by atoms with E-state index in [1.807, 2.05) is 44.2 Å². The van der Waals surface area contributed by atoms with Gasteiger partial charge in [0.15, 0.2) is 0 Å². The lowest BCUT2D eigenvalue weighted by atomic mass is 9.93. The highest BCUT2D eigenvalue weighted by Crippen LogP contribution is 2.43. The second-order valence-electron chi connectivity index (χ2n) is 9.72. The van der Waals surface area contributed by atoms with E-state index < -0.39 is 17.7 Å². The number of ketones is 1. The van der Waals surface area contributed by atoms with Crippen molar-refractivity contribution in [2.45, 2.75) is 40.3 Å². The molecule has 1 fully saturated rings. The Kier molecular flexibility index (Phi) is 7.62. The number of likely N-dealkylation sites (tertiary alicyclic amines) is 1. The molecule has 1 unspecified atom stereocenters. The number of benzene rings is 2. The fourth-order valence-corrected chi connectivity index (χ4v) is 4.66. The van der Waals surface area contributed by atoms with Crippen LogP contribution in [0.1, 0.15) is 47.7 Å². The Balaban J connectivity index is 1.90. The van der Waals surface area contributed by atoms with E-state index in [4.69, 9.17) is 9.47 Å². The molecule has 1 aliphatic heterocycles. The summed E-state index contributed by atoms with van der Waals surface area (Å²) in [6.07, 6.45) is 3.28. The van der Waals surface area contributed by atoms with Crippen molar-refractivity contribution in [3.05, 3.63) is 94.3 Å². The quantitative estimate of drug-likeness (QED) is 0.254. The number of amides is 1. The Hall–Kier alpha value is -4.13. The summed E-state index contributed by atoms with van der Waals surface area (Å²) in [6.45, 7) is 8.60. The molecule has 1 N–H and O–H groups in total. The van der Waals surface area contributed by atoms with Crippen LogP contribution < -0.4 is 9.47 Å². The van der Waals surface area contributed by atoms with Crippen molar-refractivity contribution in [1.29, 1.82) is 0 Å². The molecule has 0 aliphatic carbocycles. The first kappa shape index (κ1) is 25.9. The highest BCUT2D eigenvalue weighted by atomic mass is 16.5. The van der Waals surface area contributed by atoms with E-state index in [9.17, 15) is 14.7 Å². The van der Waals surface area contributed by atoms with Crippen LogP contribution in [0.5, 0.6) is 11.5 Å². The lowest BCUT2D eigenvalue weighted by Gasteiger charge is -2.26. The van der Waals surface area contributed by atoms with E-state index in [0.717, 1.165) is 16.7 Å². The van der Waals surface area contributed by atoms with Gasteiger partial charge < -0.3 is 19.5 Å². The van der Waals surface area contributed by atoms with Gasteiger partial charge >= 0.3 is 0 Å². The first-order chi connectivity index (χ1) is 17.7. The Morgan fingerprint density at radius 2 is 1.81 bits per heavy atom. The zero-order chi connectivity index (χ0) is 26.7. The summed E-state index contributed by atoms with van der Waals surface area (Å²) in [5.41, 5.74) is 3.59. The van der Waals surface area contributed by atoms with E-state index in [-0.39, 0.29) is 17.9 Å². The van der Waals surface area contributed by atoms with Gasteiger partial charge in [-0.15, -0.1) is 0 Å². The van der Waals surface area contributed by atoms with Gasteiger partial charge in [0.05, 0.1) is 30.9 Å². The molecule has 192 valence electrons. The molecule has 7 nitrogen and oxygen atoms in total. The predicted octanol–water partition coefficient (Wildman–Crippen LogP) is 5.36. The van der Waals surface area contributed by atoms with Crippen LogP contribution in [-0.2, 0) is 16.1 Å². The number of hydrogen-bond acceptors (Lipinski definition) is 6. The van der Waals surface area contributed by atoms with Gasteiger partial charge in [-0.25, -0.2) is 0 Å². The van der Waals surface area contributed by atoms with Crippen molar-refractivity contribution in [1.82, 2.24) is 9.88 Å². The molecule has 1 saturated heterocycles. The zero-order valence-corrected chi connectivity index (χ0v) is 21.8. The van der Waals surface area contributed by atoms with Gasteiger partial charge in [-0.1, -0.05) is 32.0 Å². The summed E-state index contributed by atoms with van der Waals surface area (Å²) in [5.74, 6) is -0.275. The van der Waals surface area contributed by atoms with Gasteiger partial charge in [-0.2, -0.15) is 0 Å². The Labute approximate surface area is 217 Å². The molecule has 0 spiro atoms. The molecule has 3 aromatic rings. The standard InChI is InChI=1S/C30H32N2O5/c1-18(2)17-37-23-8-6-7-22(15-23)26-25(27(33)24-14-19(3)13-20(4)29(24)36-5)28(34)30(35)32(26)16-21-9-11-31-12-10-21/h6-15,18,26,33H,16-17H2,1-5H3/b27-25+. The fourth-order valence-electron chi connectivity index (χ4n) is 4.66. The van der Waals surface area contributed by atoms with Crippen LogP contribution in [0.25, 0.3) is 5.76 Å². The molecule has 2 aromatic carbocycles. The molecule has 1 aromatic heterocycles. The van der Waals surface area contributed by atoms with Crippen LogP contribution in [0.2, 0.25) is 0 Å². The molecule has 0 bridgehead atoms. The zero-order valence-electron chi connectivity index (χ0n) is 21.8. The SMILES string of the molecule is COc1c(C)cc(C)cc1/C(O)=C1\C(=O)C(=O)N(Cc2ccncc2)C1c1cccc(OCC(C)C)c1. The number of carbonyl (C=O) groups is 2. The number of pyridine rings is 1. The number of aryl methyl sites for hydroxylation is 2. The van der Waals surface area contributed by atoms with E-state index >= 15 is 0 Å². The molecule has 4 rings (SSSR count). The molecule has 7 heteroatoms. The van der Waals surface area contributed by atoms with Crippen molar-refractivity contribution in [2.75, 3.05) is 13.7 Å². The second kappa shape index (κ2) is 10.9. The molecule has 1 aliphatic rings. The normalized spacial score (nSPS) is 16.9. The number of carbonyl (C=O) groups excluding carboxylic acids is 2. The molecular weight excluding hydrogens is 468 g/mol. The van der Waals surface area contributed by atoms with Crippen LogP contribution in [0, 0.1) is 19.8 Å². The maximum atomic E-state index is 13.5.